The standard InChI is InChI=1S/C20H22ClN5O4S/c1-28-16-9-12(26-31(2,3)27)8-15-18(16)19(23-11-22-15)24-14-4-5-17(21)25-20(14)30-13-6-7-29-10-13/h4-5,8-9,11,13H,6-7,10H2,1-3H3,(H,22,23,24). The van der Waals surface area contributed by atoms with E-state index < -0.39 is 9.73 Å². The van der Waals surface area contributed by atoms with Crippen LogP contribution in [0.4, 0.5) is 17.2 Å². The first-order chi connectivity index (χ1) is 14.8. The van der Waals surface area contributed by atoms with Gasteiger partial charge in [-0.2, -0.15) is 9.35 Å². The summed E-state index contributed by atoms with van der Waals surface area (Å²) in [6, 6.07) is 6.88. The van der Waals surface area contributed by atoms with Gasteiger partial charge in [0.15, 0.2) is 0 Å². The van der Waals surface area contributed by atoms with Gasteiger partial charge in [0, 0.05) is 34.7 Å². The normalized spacial score (nSPS) is 16.3. The summed E-state index contributed by atoms with van der Waals surface area (Å²) in [6.07, 6.45) is 5.26. The van der Waals surface area contributed by atoms with Crippen LogP contribution in [-0.2, 0) is 14.5 Å². The van der Waals surface area contributed by atoms with E-state index in [1.807, 2.05) is 0 Å². The van der Waals surface area contributed by atoms with Gasteiger partial charge in [0.25, 0.3) is 0 Å². The Balaban J connectivity index is 1.76. The minimum atomic E-state index is -2.34. The number of ether oxygens (including phenoxy) is 3. The molecule has 3 aromatic rings. The van der Waals surface area contributed by atoms with Gasteiger partial charge in [0.2, 0.25) is 5.88 Å². The van der Waals surface area contributed by atoms with Gasteiger partial charge >= 0.3 is 0 Å². The van der Waals surface area contributed by atoms with Gasteiger partial charge < -0.3 is 19.5 Å². The average Bonchev–Trinajstić information content (AvgIpc) is 3.21. The number of anilines is 2. The van der Waals surface area contributed by atoms with E-state index in [2.05, 4.69) is 24.6 Å². The summed E-state index contributed by atoms with van der Waals surface area (Å²) >= 11 is 6.09. The third-order valence-electron chi connectivity index (χ3n) is 4.48. The summed E-state index contributed by atoms with van der Waals surface area (Å²) in [4.78, 5) is 13.0. The van der Waals surface area contributed by atoms with Crippen LogP contribution in [0.25, 0.3) is 10.9 Å². The molecule has 1 fully saturated rings. The SMILES string of the molecule is COc1cc(N=S(C)(C)=O)cc2ncnc(Nc3ccc(Cl)nc3OC3CCOC3)c12. The number of aromatic nitrogens is 3. The molecule has 1 saturated heterocycles. The van der Waals surface area contributed by atoms with Crippen LogP contribution in [0.5, 0.6) is 11.6 Å². The van der Waals surface area contributed by atoms with Gasteiger partial charge in [0.05, 0.1) is 36.9 Å². The Morgan fingerprint density at radius 2 is 2.13 bits per heavy atom. The second kappa shape index (κ2) is 8.81. The lowest BCUT2D eigenvalue weighted by atomic mass is 10.2. The van der Waals surface area contributed by atoms with Crippen molar-refractivity contribution in [3.63, 3.8) is 0 Å². The minimum absolute atomic E-state index is 0.0923. The summed E-state index contributed by atoms with van der Waals surface area (Å²) in [7, 11) is -0.793. The van der Waals surface area contributed by atoms with Crippen LogP contribution in [0.2, 0.25) is 5.15 Å². The predicted molar refractivity (Wildman–Crippen MR) is 121 cm³/mol. The quantitative estimate of drug-likeness (QED) is 0.547. The molecule has 1 aliphatic heterocycles. The van der Waals surface area contributed by atoms with E-state index >= 15 is 0 Å². The third-order valence-corrected chi connectivity index (χ3v) is 5.34. The molecule has 0 saturated carbocycles. The summed E-state index contributed by atoms with van der Waals surface area (Å²) in [5, 5.41) is 4.22. The molecule has 31 heavy (non-hydrogen) atoms. The van der Waals surface area contributed by atoms with Crippen LogP contribution < -0.4 is 14.8 Å². The Morgan fingerprint density at radius 1 is 1.29 bits per heavy atom. The van der Waals surface area contributed by atoms with Crippen molar-refractivity contribution in [3.8, 4) is 11.6 Å². The summed E-state index contributed by atoms with van der Waals surface area (Å²) < 4.78 is 33.3. The molecule has 1 aliphatic rings. The fourth-order valence-corrected chi connectivity index (χ4v) is 3.95. The summed E-state index contributed by atoms with van der Waals surface area (Å²) in [5.41, 5.74) is 1.70. The van der Waals surface area contributed by atoms with Crippen molar-refractivity contribution in [2.75, 3.05) is 38.2 Å². The Hall–Kier alpha value is -2.69. The highest BCUT2D eigenvalue weighted by Gasteiger charge is 2.21. The highest BCUT2D eigenvalue weighted by atomic mass is 35.5. The number of methoxy groups -OCH3 is 1. The molecule has 0 amide bonds. The van der Waals surface area contributed by atoms with Crippen molar-refractivity contribution in [2.24, 2.45) is 4.36 Å². The number of halogens is 1. The van der Waals surface area contributed by atoms with Crippen molar-refractivity contribution in [1.82, 2.24) is 15.0 Å². The first-order valence-corrected chi connectivity index (χ1v) is 12.2. The Labute approximate surface area is 185 Å². The number of benzene rings is 1. The van der Waals surface area contributed by atoms with E-state index in [1.54, 1.807) is 43.9 Å². The van der Waals surface area contributed by atoms with Gasteiger partial charge in [-0.1, -0.05) is 11.6 Å². The van der Waals surface area contributed by atoms with E-state index in [4.69, 9.17) is 25.8 Å². The number of fused-ring (bicyclic) bond motifs is 1. The minimum Gasteiger partial charge on any atom is -0.496 e. The fourth-order valence-electron chi connectivity index (χ4n) is 3.20. The van der Waals surface area contributed by atoms with Crippen LogP contribution in [0.1, 0.15) is 6.42 Å². The van der Waals surface area contributed by atoms with E-state index in [0.29, 0.717) is 58.1 Å². The number of nitrogens with zero attached hydrogens (tertiary/aromatic N) is 4. The fraction of sp³-hybridized carbons (Fsp3) is 0.350. The number of rotatable bonds is 6. The summed E-state index contributed by atoms with van der Waals surface area (Å²) in [5.74, 6) is 1.35. The van der Waals surface area contributed by atoms with Gasteiger partial charge in [-0.3, -0.25) is 0 Å². The van der Waals surface area contributed by atoms with Crippen molar-refractivity contribution < 1.29 is 18.4 Å². The second-order valence-corrected chi connectivity index (χ2v) is 10.2. The molecule has 4 rings (SSSR count). The molecular weight excluding hydrogens is 442 g/mol. The monoisotopic (exact) mass is 463 g/mol. The third kappa shape index (κ3) is 5.15. The zero-order chi connectivity index (χ0) is 22.0. The van der Waals surface area contributed by atoms with Crippen molar-refractivity contribution in [3.05, 3.63) is 35.7 Å². The molecular formula is C20H22ClN5O4S. The van der Waals surface area contributed by atoms with Gasteiger partial charge in [-0.15, -0.1) is 0 Å². The molecule has 9 nitrogen and oxygen atoms in total. The first-order valence-electron chi connectivity index (χ1n) is 9.50. The molecule has 1 aromatic carbocycles. The Morgan fingerprint density at radius 3 is 2.84 bits per heavy atom. The molecule has 11 heteroatoms. The molecule has 0 spiro atoms. The number of hydrogen-bond donors (Lipinski definition) is 1. The van der Waals surface area contributed by atoms with Crippen LogP contribution in [0.15, 0.2) is 35.0 Å². The topological polar surface area (TPSA) is 108 Å². The lowest BCUT2D eigenvalue weighted by Crippen LogP contribution is -2.17. The molecule has 3 heterocycles. The van der Waals surface area contributed by atoms with Crippen LogP contribution in [0, 0.1) is 0 Å². The van der Waals surface area contributed by atoms with Crippen LogP contribution in [0.3, 0.4) is 0 Å². The van der Waals surface area contributed by atoms with Crippen molar-refractivity contribution in [1.29, 1.82) is 0 Å². The second-order valence-electron chi connectivity index (χ2n) is 7.25. The van der Waals surface area contributed by atoms with E-state index in [-0.39, 0.29) is 6.10 Å². The van der Waals surface area contributed by atoms with Crippen molar-refractivity contribution >= 4 is 49.4 Å². The van der Waals surface area contributed by atoms with Crippen LogP contribution >= 0.6 is 11.6 Å². The molecule has 0 aliphatic carbocycles. The molecule has 0 bridgehead atoms. The molecule has 164 valence electrons. The molecule has 1 unspecified atom stereocenters. The molecule has 2 aromatic heterocycles. The largest absolute Gasteiger partial charge is 0.496 e. The number of hydrogen-bond acceptors (Lipinski definition) is 9. The lowest BCUT2D eigenvalue weighted by molar-refractivity contribution is 0.138. The molecule has 0 radical (unpaired) electrons. The Kier molecular flexibility index (Phi) is 6.12. The lowest BCUT2D eigenvalue weighted by Gasteiger charge is -2.17. The molecule has 1 atom stereocenters. The first kappa shape index (κ1) is 21.5. The zero-order valence-corrected chi connectivity index (χ0v) is 18.9. The van der Waals surface area contributed by atoms with Gasteiger partial charge in [-0.25, -0.2) is 14.2 Å². The highest BCUT2D eigenvalue weighted by Crippen LogP contribution is 2.37. The number of pyridine rings is 1. The smallest absolute Gasteiger partial charge is 0.239 e. The van der Waals surface area contributed by atoms with Gasteiger partial charge in [0.1, 0.15) is 34.8 Å². The highest BCUT2D eigenvalue weighted by molar-refractivity contribution is 7.92. The maximum atomic E-state index is 12.1. The van der Waals surface area contributed by atoms with Crippen molar-refractivity contribution in [2.45, 2.75) is 12.5 Å². The maximum absolute atomic E-state index is 12.1. The van der Waals surface area contributed by atoms with E-state index in [1.165, 1.54) is 6.33 Å². The van der Waals surface area contributed by atoms with E-state index in [9.17, 15) is 4.21 Å². The number of nitrogens with one attached hydrogen (secondary N) is 1. The van der Waals surface area contributed by atoms with E-state index in [0.717, 1.165) is 6.42 Å². The van der Waals surface area contributed by atoms with Gasteiger partial charge in [-0.05, 0) is 18.2 Å². The summed E-state index contributed by atoms with van der Waals surface area (Å²) in [6.45, 7) is 1.15. The Bertz CT molecular complexity index is 1230. The zero-order valence-electron chi connectivity index (χ0n) is 17.3. The average molecular weight is 464 g/mol. The maximum Gasteiger partial charge on any atom is 0.239 e. The predicted octanol–water partition coefficient (Wildman–Crippen LogP) is 3.96. The molecule has 1 N–H and O–H groups in total. The van der Waals surface area contributed by atoms with Crippen LogP contribution in [-0.4, -0.2) is 58.1 Å².